The van der Waals surface area contributed by atoms with Crippen molar-refractivity contribution < 1.29 is 9.53 Å². The highest BCUT2D eigenvalue weighted by molar-refractivity contribution is 5.85. The summed E-state index contributed by atoms with van der Waals surface area (Å²) in [5, 5.41) is 0. The Kier molecular flexibility index (Phi) is 7.79. The number of carbonyl (C=O) groups is 1. The van der Waals surface area contributed by atoms with E-state index in [2.05, 4.69) is 4.74 Å². The summed E-state index contributed by atoms with van der Waals surface area (Å²) in [5.41, 5.74) is 5.36. The first kappa shape index (κ1) is 13.3. The Morgan fingerprint density at radius 2 is 2.00 bits per heavy atom. The van der Waals surface area contributed by atoms with Crippen LogP contribution in [-0.2, 0) is 9.53 Å². The van der Waals surface area contributed by atoms with Gasteiger partial charge in [-0.25, -0.2) is 0 Å². The highest BCUT2D eigenvalue weighted by atomic mass is 35.5. The molecular weight excluding hydrogens is 166 g/mol. The van der Waals surface area contributed by atoms with Crippen LogP contribution in [0, 0.1) is 11.8 Å². The molecule has 0 saturated heterocycles. The summed E-state index contributed by atoms with van der Waals surface area (Å²) in [7, 11) is 1.39. The monoisotopic (exact) mass is 181 g/mol. The van der Waals surface area contributed by atoms with Gasteiger partial charge in [0.05, 0.1) is 13.0 Å². The van der Waals surface area contributed by atoms with Crippen molar-refractivity contribution in [3.63, 3.8) is 0 Å². The van der Waals surface area contributed by atoms with Gasteiger partial charge in [-0.3, -0.25) is 4.79 Å². The van der Waals surface area contributed by atoms with E-state index in [-0.39, 0.29) is 30.2 Å². The van der Waals surface area contributed by atoms with Crippen LogP contribution in [0.1, 0.15) is 13.8 Å². The van der Waals surface area contributed by atoms with Crippen molar-refractivity contribution in [3.8, 4) is 0 Å². The number of ether oxygens (including phenoxy) is 1. The number of hydrogen-bond acceptors (Lipinski definition) is 3. The number of hydrogen-bond donors (Lipinski definition) is 1. The molecule has 0 spiro atoms. The van der Waals surface area contributed by atoms with Crippen LogP contribution in [0.5, 0.6) is 0 Å². The van der Waals surface area contributed by atoms with Crippen molar-refractivity contribution in [2.24, 2.45) is 17.6 Å². The average molecular weight is 182 g/mol. The summed E-state index contributed by atoms with van der Waals surface area (Å²) in [6.07, 6.45) is 0. The molecule has 0 saturated carbocycles. The minimum Gasteiger partial charge on any atom is -0.469 e. The summed E-state index contributed by atoms with van der Waals surface area (Å²) >= 11 is 0. The van der Waals surface area contributed by atoms with E-state index in [0.29, 0.717) is 6.54 Å². The molecule has 0 aromatic carbocycles. The standard InChI is InChI=1S/C7H15NO2.ClH/c1-5(4-8)6(2)7(9)10-3;/h5-6H,4,8H2,1-3H3;1H. The lowest BCUT2D eigenvalue weighted by molar-refractivity contribution is -0.146. The molecule has 4 heteroatoms. The zero-order chi connectivity index (χ0) is 8.15. The van der Waals surface area contributed by atoms with Crippen LogP contribution in [0.25, 0.3) is 0 Å². The van der Waals surface area contributed by atoms with Gasteiger partial charge in [-0.2, -0.15) is 0 Å². The maximum absolute atomic E-state index is 10.8. The van der Waals surface area contributed by atoms with Crippen LogP contribution >= 0.6 is 12.4 Å². The lowest BCUT2D eigenvalue weighted by atomic mass is 9.97. The van der Waals surface area contributed by atoms with E-state index in [9.17, 15) is 4.79 Å². The second-order valence-corrected chi connectivity index (χ2v) is 2.52. The number of methoxy groups -OCH3 is 1. The van der Waals surface area contributed by atoms with Crippen LogP contribution in [0.3, 0.4) is 0 Å². The van der Waals surface area contributed by atoms with E-state index in [0.717, 1.165) is 0 Å². The van der Waals surface area contributed by atoms with Gasteiger partial charge in [0.1, 0.15) is 0 Å². The van der Waals surface area contributed by atoms with Gasteiger partial charge >= 0.3 is 5.97 Å². The molecule has 2 N–H and O–H groups in total. The smallest absolute Gasteiger partial charge is 0.308 e. The molecule has 2 atom stereocenters. The molecule has 0 aromatic heterocycles. The summed E-state index contributed by atoms with van der Waals surface area (Å²) in [6, 6.07) is 0. The van der Waals surface area contributed by atoms with Crippen molar-refractivity contribution in [3.05, 3.63) is 0 Å². The maximum Gasteiger partial charge on any atom is 0.308 e. The van der Waals surface area contributed by atoms with E-state index in [4.69, 9.17) is 5.73 Å². The first-order valence-electron chi connectivity index (χ1n) is 3.41. The van der Waals surface area contributed by atoms with Crippen LogP contribution in [0.2, 0.25) is 0 Å². The summed E-state index contributed by atoms with van der Waals surface area (Å²) < 4.78 is 4.54. The molecule has 0 aromatic rings. The minimum absolute atomic E-state index is 0. The van der Waals surface area contributed by atoms with E-state index in [1.807, 2.05) is 13.8 Å². The number of nitrogens with two attached hydrogens (primary N) is 1. The Morgan fingerprint density at radius 3 is 2.27 bits per heavy atom. The molecule has 0 rings (SSSR count). The third-order valence-corrected chi connectivity index (χ3v) is 1.80. The van der Waals surface area contributed by atoms with Gasteiger partial charge in [0.25, 0.3) is 0 Å². The second-order valence-electron chi connectivity index (χ2n) is 2.52. The van der Waals surface area contributed by atoms with Gasteiger partial charge < -0.3 is 10.5 Å². The molecule has 3 nitrogen and oxygen atoms in total. The van der Waals surface area contributed by atoms with Gasteiger partial charge in [-0.15, -0.1) is 12.4 Å². The Bertz CT molecular complexity index is 119. The fourth-order valence-corrected chi connectivity index (χ4v) is 0.622. The zero-order valence-corrected chi connectivity index (χ0v) is 7.98. The predicted octanol–water partition coefficient (Wildman–Crippen LogP) is 0.812. The maximum atomic E-state index is 10.8. The SMILES string of the molecule is COC(=O)C(C)C(C)CN.Cl. The highest BCUT2D eigenvalue weighted by Crippen LogP contribution is 2.09. The molecule has 0 aliphatic rings. The summed E-state index contributed by atoms with van der Waals surface area (Å²) in [4.78, 5) is 10.8. The third-order valence-electron chi connectivity index (χ3n) is 1.80. The molecule has 0 amide bonds. The molecule has 0 aliphatic heterocycles. The van der Waals surface area contributed by atoms with E-state index >= 15 is 0 Å². The van der Waals surface area contributed by atoms with Crippen LogP contribution in [0.4, 0.5) is 0 Å². The van der Waals surface area contributed by atoms with Crippen molar-refractivity contribution >= 4 is 18.4 Å². The fraction of sp³-hybridized carbons (Fsp3) is 0.857. The Morgan fingerprint density at radius 1 is 1.55 bits per heavy atom. The molecule has 68 valence electrons. The molecule has 2 unspecified atom stereocenters. The number of halogens is 1. The quantitative estimate of drug-likeness (QED) is 0.656. The molecule has 0 aliphatic carbocycles. The van der Waals surface area contributed by atoms with Crippen LogP contribution < -0.4 is 5.73 Å². The van der Waals surface area contributed by atoms with Gasteiger partial charge in [0, 0.05) is 0 Å². The molecule has 0 fully saturated rings. The van der Waals surface area contributed by atoms with Gasteiger partial charge in [0.15, 0.2) is 0 Å². The summed E-state index contributed by atoms with van der Waals surface area (Å²) in [5.74, 6) is -0.0691. The molecule has 0 heterocycles. The average Bonchev–Trinajstić information content (AvgIpc) is 2.00. The molecule has 0 bridgehead atoms. The number of esters is 1. The largest absolute Gasteiger partial charge is 0.469 e. The number of carbonyl (C=O) groups excluding carboxylic acids is 1. The van der Waals surface area contributed by atoms with Crippen LogP contribution in [0.15, 0.2) is 0 Å². The number of rotatable bonds is 3. The van der Waals surface area contributed by atoms with E-state index < -0.39 is 0 Å². The molecular formula is C7H16ClNO2. The van der Waals surface area contributed by atoms with Crippen molar-refractivity contribution in [2.45, 2.75) is 13.8 Å². The third kappa shape index (κ3) is 4.22. The normalized spacial score (nSPS) is 14.5. The first-order valence-corrected chi connectivity index (χ1v) is 3.41. The van der Waals surface area contributed by atoms with E-state index in [1.54, 1.807) is 0 Å². The lowest BCUT2D eigenvalue weighted by Gasteiger charge is -2.14. The van der Waals surface area contributed by atoms with Crippen molar-refractivity contribution in [1.29, 1.82) is 0 Å². The van der Waals surface area contributed by atoms with Gasteiger partial charge in [-0.05, 0) is 12.5 Å². The highest BCUT2D eigenvalue weighted by Gasteiger charge is 2.18. The first-order chi connectivity index (χ1) is 4.63. The predicted molar refractivity (Wildman–Crippen MR) is 46.6 cm³/mol. The van der Waals surface area contributed by atoms with Crippen molar-refractivity contribution in [2.75, 3.05) is 13.7 Å². The topological polar surface area (TPSA) is 52.3 Å². The Hall–Kier alpha value is -0.280. The lowest BCUT2D eigenvalue weighted by Crippen LogP contribution is -2.25. The Labute approximate surface area is 73.7 Å². The second kappa shape index (κ2) is 6.43. The molecule has 0 radical (unpaired) electrons. The van der Waals surface area contributed by atoms with Gasteiger partial charge in [0.2, 0.25) is 0 Å². The van der Waals surface area contributed by atoms with E-state index in [1.165, 1.54) is 7.11 Å². The van der Waals surface area contributed by atoms with Gasteiger partial charge in [-0.1, -0.05) is 13.8 Å². The Balaban J connectivity index is 0. The van der Waals surface area contributed by atoms with Crippen LogP contribution in [-0.4, -0.2) is 19.6 Å². The van der Waals surface area contributed by atoms with Crippen molar-refractivity contribution in [1.82, 2.24) is 0 Å². The summed E-state index contributed by atoms with van der Waals surface area (Å²) in [6.45, 7) is 4.28. The zero-order valence-electron chi connectivity index (χ0n) is 7.16. The fourth-order valence-electron chi connectivity index (χ4n) is 0.622. The molecule has 11 heavy (non-hydrogen) atoms. The minimum atomic E-state index is -0.182.